The number of rotatable bonds is 5. The van der Waals surface area contributed by atoms with Crippen LogP contribution >= 0.6 is 0 Å². The van der Waals surface area contributed by atoms with Gasteiger partial charge in [-0.25, -0.2) is 0 Å². The molecule has 16 heavy (non-hydrogen) atoms. The molecule has 0 aliphatic carbocycles. The van der Waals surface area contributed by atoms with E-state index in [4.69, 9.17) is 5.26 Å². The van der Waals surface area contributed by atoms with Gasteiger partial charge in [0, 0.05) is 6.54 Å². The van der Waals surface area contributed by atoms with E-state index in [0.29, 0.717) is 18.7 Å². The molecule has 1 amide bonds. The van der Waals surface area contributed by atoms with Crippen LogP contribution in [-0.4, -0.2) is 19.0 Å². The zero-order chi connectivity index (χ0) is 11.8. The molecule has 1 rings (SSSR count). The Morgan fingerprint density at radius 3 is 2.62 bits per heavy atom. The van der Waals surface area contributed by atoms with Crippen molar-refractivity contribution in [3.8, 4) is 6.07 Å². The minimum atomic E-state index is -0.0220. The molecule has 0 unspecified atom stereocenters. The second kappa shape index (κ2) is 6.59. The van der Waals surface area contributed by atoms with E-state index in [1.165, 1.54) is 0 Å². The van der Waals surface area contributed by atoms with E-state index < -0.39 is 0 Å². The standard InChI is InChI=1S/C12H15N3O/c1-2-14-9-12(16)15-8-11-5-3-10(7-13)4-6-11/h3-6,14H,2,8-9H2,1H3,(H,15,16). The Balaban J connectivity index is 2.37. The fraction of sp³-hybridized carbons (Fsp3) is 0.333. The van der Waals surface area contributed by atoms with E-state index in [0.717, 1.165) is 12.1 Å². The van der Waals surface area contributed by atoms with E-state index in [1.807, 2.05) is 25.1 Å². The van der Waals surface area contributed by atoms with E-state index in [1.54, 1.807) is 12.1 Å². The number of carbonyl (C=O) groups is 1. The van der Waals surface area contributed by atoms with Gasteiger partial charge in [-0.05, 0) is 24.2 Å². The van der Waals surface area contributed by atoms with Crippen molar-refractivity contribution in [2.75, 3.05) is 13.1 Å². The summed E-state index contributed by atoms with van der Waals surface area (Å²) in [6.07, 6.45) is 0. The third kappa shape index (κ3) is 4.11. The van der Waals surface area contributed by atoms with Crippen LogP contribution in [0.4, 0.5) is 0 Å². The van der Waals surface area contributed by atoms with Crippen LogP contribution in [0.3, 0.4) is 0 Å². The van der Waals surface area contributed by atoms with Crippen LogP contribution in [0.1, 0.15) is 18.1 Å². The topological polar surface area (TPSA) is 64.9 Å². The molecule has 0 spiro atoms. The lowest BCUT2D eigenvalue weighted by molar-refractivity contribution is -0.120. The molecule has 0 saturated heterocycles. The number of amides is 1. The highest BCUT2D eigenvalue weighted by atomic mass is 16.1. The van der Waals surface area contributed by atoms with Gasteiger partial charge in [0.2, 0.25) is 5.91 Å². The van der Waals surface area contributed by atoms with Crippen molar-refractivity contribution >= 4 is 5.91 Å². The summed E-state index contributed by atoms with van der Waals surface area (Å²) >= 11 is 0. The molecule has 0 aromatic heterocycles. The molecule has 2 N–H and O–H groups in total. The molecule has 1 aromatic rings. The Kier molecular flexibility index (Phi) is 5.03. The van der Waals surface area contributed by atoms with Crippen molar-refractivity contribution in [1.82, 2.24) is 10.6 Å². The Morgan fingerprint density at radius 1 is 1.38 bits per heavy atom. The summed E-state index contributed by atoms with van der Waals surface area (Å²) in [5.74, 6) is -0.0220. The lowest BCUT2D eigenvalue weighted by atomic mass is 10.1. The molecule has 0 aliphatic rings. The summed E-state index contributed by atoms with van der Waals surface area (Å²) in [5.41, 5.74) is 1.62. The Bertz CT molecular complexity index is 378. The second-order valence-electron chi connectivity index (χ2n) is 3.37. The average molecular weight is 217 g/mol. The van der Waals surface area contributed by atoms with Gasteiger partial charge in [-0.2, -0.15) is 5.26 Å². The monoisotopic (exact) mass is 217 g/mol. The third-order valence-electron chi connectivity index (χ3n) is 2.11. The highest BCUT2D eigenvalue weighted by Crippen LogP contribution is 2.02. The number of likely N-dealkylation sites (N-methyl/N-ethyl adjacent to an activating group) is 1. The molecule has 84 valence electrons. The number of nitrogens with one attached hydrogen (secondary N) is 2. The van der Waals surface area contributed by atoms with Gasteiger partial charge >= 0.3 is 0 Å². The average Bonchev–Trinajstić information content (AvgIpc) is 2.34. The Labute approximate surface area is 95.3 Å². The van der Waals surface area contributed by atoms with E-state index in [-0.39, 0.29) is 5.91 Å². The lowest BCUT2D eigenvalue weighted by Gasteiger charge is -2.05. The fourth-order valence-electron chi connectivity index (χ4n) is 1.20. The van der Waals surface area contributed by atoms with E-state index >= 15 is 0 Å². The largest absolute Gasteiger partial charge is 0.351 e. The maximum Gasteiger partial charge on any atom is 0.234 e. The molecule has 0 aliphatic heterocycles. The highest BCUT2D eigenvalue weighted by Gasteiger charge is 1.99. The molecule has 0 saturated carbocycles. The second-order valence-corrected chi connectivity index (χ2v) is 3.37. The molecular weight excluding hydrogens is 202 g/mol. The number of nitriles is 1. The Hall–Kier alpha value is -1.86. The van der Waals surface area contributed by atoms with Gasteiger partial charge in [0.15, 0.2) is 0 Å². The van der Waals surface area contributed by atoms with Crippen molar-refractivity contribution in [3.05, 3.63) is 35.4 Å². The molecule has 1 aromatic carbocycles. The lowest BCUT2D eigenvalue weighted by Crippen LogP contribution is -2.33. The maximum absolute atomic E-state index is 11.3. The van der Waals surface area contributed by atoms with Crippen molar-refractivity contribution in [2.24, 2.45) is 0 Å². The summed E-state index contributed by atoms with van der Waals surface area (Å²) < 4.78 is 0. The first-order valence-corrected chi connectivity index (χ1v) is 5.22. The summed E-state index contributed by atoms with van der Waals surface area (Å²) in [7, 11) is 0. The molecule has 0 heterocycles. The van der Waals surface area contributed by atoms with Gasteiger partial charge in [-0.3, -0.25) is 4.79 Å². The first kappa shape index (κ1) is 12.2. The van der Waals surface area contributed by atoms with Gasteiger partial charge in [0.1, 0.15) is 0 Å². The number of carbonyl (C=O) groups excluding carboxylic acids is 1. The molecule has 0 fully saturated rings. The summed E-state index contributed by atoms with van der Waals surface area (Å²) in [4.78, 5) is 11.3. The molecule has 0 radical (unpaired) electrons. The maximum atomic E-state index is 11.3. The first-order valence-electron chi connectivity index (χ1n) is 5.22. The van der Waals surface area contributed by atoms with Gasteiger partial charge in [-0.15, -0.1) is 0 Å². The van der Waals surface area contributed by atoms with Crippen molar-refractivity contribution in [1.29, 1.82) is 5.26 Å². The quantitative estimate of drug-likeness (QED) is 0.766. The third-order valence-corrected chi connectivity index (χ3v) is 2.11. The van der Waals surface area contributed by atoms with Crippen LogP contribution in [0.15, 0.2) is 24.3 Å². The normalized spacial score (nSPS) is 9.50. The van der Waals surface area contributed by atoms with E-state index in [9.17, 15) is 4.79 Å². The molecule has 4 heteroatoms. The summed E-state index contributed by atoms with van der Waals surface area (Å²) in [5, 5.41) is 14.4. The number of benzene rings is 1. The zero-order valence-electron chi connectivity index (χ0n) is 9.29. The van der Waals surface area contributed by atoms with Crippen LogP contribution in [-0.2, 0) is 11.3 Å². The zero-order valence-corrected chi connectivity index (χ0v) is 9.29. The van der Waals surface area contributed by atoms with Crippen LogP contribution in [0, 0.1) is 11.3 Å². The minimum Gasteiger partial charge on any atom is -0.351 e. The van der Waals surface area contributed by atoms with Crippen molar-refractivity contribution < 1.29 is 4.79 Å². The van der Waals surface area contributed by atoms with Crippen LogP contribution in [0.5, 0.6) is 0 Å². The van der Waals surface area contributed by atoms with Crippen molar-refractivity contribution in [3.63, 3.8) is 0 Å². The molecule has 4 nitrogen and oxygen atoms in total. The fourth-order valence-corrected chi connectivity index (χ4v) is 1.20. The van der Waals surface area contributed by atoms with Crippen molar-refractivity contribution in [2.45, 2.75) is 13.5 Å². The van der Waals surface area contributed by atoms with Crippen LogP contribution in [0.25, 0.3) is 0 Å². The summed E-state index contributed by atoms with van der Waals surface area (Å²) in [6.45, 7) is 3.57. The van der Waals surface area contributed by atoms with E-state index in [2.05, 4.69) is 10.6 Å². The predicted octanol–water partition coefficient (Wildman–Crippen LogP) is 0.784. The predicted molar refractivity (Wildman–Crippen MR) is 61.5 cm³/mol. The van der Waals surface area contributed by atoms with Crippen LogP contribution in [0.2, 0.25) is 0 Å². The van der Waals surface area contributed by atoms with Gasteiger partial charge in [-0.1, -0.05) is 19.1 Å². The first-order chi connectivity index (χ1) is 7.76. The van der Waals surface area contributed by atoms with Gasteiger partial charge in [0.25, 0.3) is 0 Å². The smallest absolute Gasteiger partial charge is 0.234 e. The Morgan fingerprint density at radius 2 is 2.06 bits per heavy atom. The number of nitrogens with zero attached hydrogens (tertiary/aromatic N) is 1. The van der Waals surface area contributed by atoms with Gasteiger partial charge < -0.3 is 10.6 Å². The summed E-state index contributed by atoms with van der Waals surface area (Å²) in [6, 6.07) is 9.21. The van der Waals surface area contributed by atoms with Crippen LogP contribution < -0.4 is 10.6 Å². The van der Waals surface area contributed by atoms with Gasteiger partial charge in [0.05, 0.1) is 18.2 Å². The number of hydrogen-bond acceptors (Lipinski definition) is 3. The minimum absolute atomic E-state index is 0.0220. The number of hydrogen-bond donors (Lipinski definition) is 2. The molecule has 0 atom stereocenters. The molecule has 0 bridgehead atoms. The SMILES string of the molecule is CCNCC(=O)NCc1ccc(C#N)cc1. The highest BCUT2D eigenvalue weighted by molar-refractivity contribution is 5.77. The molecular formula is C12H15N3O.